The lowest BCUT2D eigenvalue weighted by atomic mass is 10.1. The predicted molar refractivity (Wildman–Crippen MR) is 62.5 cm³/mol. The maximum absolute atomic E-state index is 12.8. The number of hydrogen-bond donors (Lipinski definition) is 2. The molecule has 1 aliphatic carbocycles. The van der Waals surface area contributed by atoms with Crippen LogP contribution in [0.1, 0.15) is 34.3 Å². The van der Waals surface area contributed by atoms with Crippen LogP contribution in [0.2, 0.25) is 0 Å². The Morgan fingerprint density at radius 1 is 1.21 bits per heavy atom. The van der Waals surface area contributed by atoms with Gasteiger partial charge in [0.25, 0.3) is 5.91 Å². The minimum atomic E-state index is -4.37. The highest BCUT2D eigenvalue weighted by Crippen LogP contribution is 2.49. The van der Waals surface area contributed by atoms with Gasteiger partial charge >= 0.3 is 6.18 Å². The maximum Gasteiger partial charge on any atom is 0.411 e. The van der Waals surface area contributed by atoms with Crippen molar-refractivity contribution in [3.63, 3.8) is 0 Å². The molecule has 2 N–H and O–H groups in total. The average Bonchev–Trinajstić information content (AvgIpc) is 2.99. The third kappa shape index (κ3) is 2.10. The molecule has 0 unspecified atom stereocenters. The largest absolute Gasteiger partial charge is 0.411 e. The smallest absolute Gasteiger partial charge is 0.338 e. The Labute approximate surface area is 108 Å². The molecule has 0 spiro atoms. The maximum atomic E-state index is 12.8. The summed E-state index contributed by atoms with van der Waals surface area (Å²) in [6, 6.07) is 5.03. The zero-order valence-corrected chi connectivity index (χ0v) is 10.1. The van der Waals surface area contributed by atoms with Gasteiger partial charge in [0.05, 0.1) is 0 Å². The summed E-state index contributed by atoms with van der Waals surface area (Å²) in [5.74, 6) is -0.649. The highest BCUT2D eigenvalue weighted by Gasteiger charge is 2.64. The van der Waals surface area contributed by atoms with E-state index in [1.165, 1.54) is 0 Å². The van der Waals surface area contributed by atoms with Gasteiger partial charge in [-0.3, -0.25) is 4.79 Å². The van der Waals surface area contributed by atoms with E-state index in [9.17, 15) is 18.0 Å². The summed E-state index contributed by atoms with van der Waals surface area (Å²) in [7, 11) is 0. The third-order valence-corrected chi connectivity index (χ3v) is 3.74. The quantitative estimate of drug-likeness (QED) is 0.864. The number of carbonyl (C=O) groups excluding carboxylic acids is 1. The molecule has 1 aromatic carbocycles. The Morgan fingerprint density at radius 2 is 1.89 bits per heavy atom. The Bertz CT molecular complexity index is 535. The second kappa shape index (κ2) is 3.96. The van der Waals surface area contributed by atoms with Gasteiger partial charge in [-0.25, -0.2) is 0 Å². The van der Waals surface area contributed by atoms with Crippen molar-refractivity contribution in [1.82, 2.24) is 10.6 Å². The summed E-state index contributed by atoms with van der Waals surface area (Å²) in [5.41, 5.74) is 0.359. The normalized spacial score (nSPS) is 19.9. The molecule has 2 aliphatic rings. The minimum absolute atomic E-state index is 0.0330. The van der Waals surface area contributed by atoms with E-state index in [0.29, 0.717) is 6.54 Å². The highest BCUT2D eigenvalue weighted by molar-refractivity contribution is 5.95. The van der Waals surface area contributed by atoms with Crippen LogP contribution in [0.15, 0.2) is 18.2 Å². The van der Waals surface area contributed by atoms with Crippen molar-refractivity contribution in [3.8, 4) is 0 Å². The van der Waals surface area contributed by atoms with E-state index in [1.807, 2.05) is 0 Å². The molecule has 0 aromatic heterocycles. The molecule has 1 heterocycles. The molecular weight excluding hydrogens is 257 g/mol. The van der Waals surface area contributed by atoms with Gasteiger partial charge in [-0.15, -0.1) is 0 Å². The molecule has 1 saturated carbocycles. The summed E-state index contributed by atoms with van der Waals surface area (Å²) in [5, 5.41) is 5.26. The van der Waals surface area contributed by atoms with Crippen molar-refractivity contribution in [2.45, 2.75) is 37.6 Å². The van der Waals surface area contributed by atoms with Gasteiger partial charge in [0.2, 0.25) is 0 Å². The number of fused-ring (bicyclic) bond motifs is 1. The van der Waals surface area contributed by atoms with E-state index in [-0.39, 0.29) is 18.4 Å². The van der Waals surface area contributed by atoms with Crippen molar-refractivity contribution < 1.29 is 18.0 Å². The van der Waals surface area contributed by atoms with Gasteiger partial charge in [-0.2, -0.15) is 13.2 Å². The van der Waals surface area contributed by atoms with Gasteiger partial charge in [0.1, 0.15) is 5.54 Å². The van der Waals surface area contributed by atoms with Crippen LogP contribution in [-0.4, -0.2) is 17.6 Å². The fourth-order valence-electron chi connectivity index (χ4n) is 2.33. The van der Waals surface area contributed by atoms with Crippen LogP contribution in [0.25, 0.3) is 0 Å². The molecule has 0 saturated heterocycles. The Hall–Kier alpha value is -1.56. The molecule has 0 bridgehead atoms. The van der Waals surface area contributed by atoms with E-state index < -0.39 is 17.6 Å². The zero-order chi connectivity index (χ0) is 13.7. The first-order valence-corrected chi connectivity index (χ1v) is 6.13. The monoisotopic (exact) mass is 270 g/mol. The summed E-state index contributed by atoms with van der Waals surface area (Å²) in [4.78, 5) is 11.9. The number of rotatable bonds is 2. The fourth-order valence-corrected chi connectivity index (χ4v) is 2.33. The molecule has 102 valence electrons. The van der Waals surface area contributed by atoms with Crippen molar-refractivity contribution in [2.24, 2.45) is 0 Å². The second-order valence-corrected chi connectivity index (χ2v) is 5.12. The number of hydrogen-bond acceptors (Lipinski definition) is 2. The molecule has 3 nitrogen and oxygen atoms in total. The van der Waals surface area contributed by atoms with Crippen molar-refractivity contribution >= 4 is 5.91 Å². The lowest BCUT2D eigenvalue weighted by molar-refractivity contribution is -0.163. The van der Waals surface area contributed by atoms with Crippen LogP contribution in [0.4, 0.5) is 13.2 Å². The van der Waals surface area contributed by atoms with Gasteiger partial charge in [0.15, 0.2) is 0 Å². The number of amides is 1. The molecule has 1 aromatic rings. The molecule has 1 amide bonds. The third-order valence-electron chi connectivity index (χ3n) is 3.74. The highest BCUT2D eigenvalue weighted by atomic mass is 19.4. The number of nitrogens with one attached hydrogen (secondary N) is 2. The predicted octanol–water partition coefficient (Wildman–Crippen LogP) is 2.11. The van der Waals surface area contributed by atoms with Crippen LogP contribution in [0.3, 0.4) is 0 Å². The first-order chi connectivity index (χ1) is 8.91. The molecule has 0 radical (unpaired) electrons. The fraction of sp³-hybridized carbons (Fsp3) is 0.462. The van der Waals surface area contributed by atoms with Gasteiger partial charge in [-0.05, 0) is 36.1 Å². The molecular formula is C13H13F3N2O. The van der Waals surface area contributed by atoms with Crippen molar-refractivity contribution in [1.29, 1.82) is 0 Å². The SMILES string of the molecule is O=C(NC1(C(F)(F)F)CC1)c1ccc2c(c1)CNC2. The lowest BCUT2D eigenvalue weighted by Crippen LogP contribution is -2.47. The standard InChI is InChI=1S/C13H13F3N2O/c14-13(15,16)12(3-4-12)18-11(19)8-1-2-9-6-17-7-10(9)5-8/h1-2,5,17H,3-4,6-7H2,(H,18,19). The van der Waals surface area contributed by atoms with E-state index in [0.717, 1.165) is 17.7 Å². The average molecular weight is 270 g/mol. The van der Waals surface area contributed by atoms with E-state index in [4.69, 9.17) is 0 Å². The van der Waals surface area contributed by atoms with Crippen LogP contribution >= 0.6 is 0 Å². The van der Waals surface area contributed by atoms with Gasteiger partial charge in [0, 0.05) is 18.7 Å². The molecule has 6 heteroatoms. The van der Waals surface area contributed by atoms with E-state index >= 15 is 0 Å². The first-order valence-electron chi connectivity index (χ1n) is 6.13. The molecule has 19 heavy (non-hydrogen) atoms. The summed E-state index contributed by atoms with van der Waals surface area (Å²) in [6.45, 7) is 1.39. The second-order valence-electron chi connectivity index (χ2n) is 5.12. The summed E-state index contributed by atoms with van der Waals surface area (Å²) in [6.07, 6.45) is -4.44. The number of benzene rings is 1. The number of carbonyl (C=O) groups is 1. The minimum Gasteiger partial charge on any atom is -0.338 e. The topological polar surface area (TPSA) is 41.1 Å². The Morgan fingerprint density at radius 3 is 2.53 bits per heavy atom. The van der Waals surface area contributed by atoms with Gasteiger partial charge in [-0.1, -0.05) is 6.07 Å². The van der Waals surface area contributed by atoms with Crippen molar-refractivity contribution in [3.05, 3.63) is 34.9 Å². The van der Waals surface area contributed by atoms with Crippen molar-refractivity contribution in [2.75, 3.05) is 0 Å². The zero-order valence-electron chi connectivity index (χ0n) is 10.1. The Kier molecular flexibility index (Phi) is 2.60. The van der Waals surface area contributed by atoms with Crippen LogP contribution in [0, 0.1) is 0 Å². The number of alkyl halides is 3. The Balaban J connectivity index is 1.78. The van der Waals surface area contributed by atoms with E-state index in [1.54, 1.807) is 18.2 Å². The van der Waals surface area contributed by atoms with E-state index in [2.05, 4.69) is 10.6 Å². The van der Waals surface area contributed by atoms with Crippen LogP contribution < -0.4 is 10.6 Å². The van der Waals surface area contributed by atoms with Crippen LogP contribution in [0.5, 0.6) is 0 Å². The molecule has 1 fully saturated rings. The van der Waals surface area contributed by atoms with Crippen LogP contribution in [-0.2, 0) is 13.1 Å². The van der Waals surface area contributed by atoms with Gasteiger partial charge < -0.3 is 10.6 Å². The molecule has 3 rings (SSSR count). The first kappa shape index (κ1) is 12.5. The molecule has 0 atom stereocenters. The number of halogens is 3. The molecule has 1 aliphatic heterocycles. The summed E-state index contributed by atoms with van der Waals surface area (Å²) >= 11 is 0. The lowest BCUT2D eigenvalue weighted by Gasteiger charge is -2.20. The summed E-state index contributed by atoms with van der Waals surface area (Å²) < 4.78 is 38.3.